The van der Waals surface area contributed by atoms with E-state index in [1.807, 2.05) is 0 Å². The second-order valence-electron chi connectivity index (χ2n) is 1.61. The van der Waals surface area contributed by atoms with Crippen molar-refractivity contribution >= 4 is 5.91 Å². The lowest BCUT2D eigenvalue weighted by atomic mass is 10.3. The van der Waals surface area contributed by atoms with Gasteiger partial charge < -0.3 is 5.73 Å². The highest BCUT2D eigenvalue weighted by Crippen LogP contribution is 1.91. The minimum Gasteiger partial charge on any atom is -0.366 e. The van der Waals surface area contributed by atoms with Crippen LogP contribution in [0.25, 0.3) is 0 Å². The molecule has 0 spiro atoms. The minimum absolute atomic E-state index is 0. The van der Waals surface area contributed by atoms with Crippen LogP contribution in [0.2, 0.25) is 0 Å². The predicted octanol–water partition coefficient (Wildman–Crippen LogP) is 0.817. The first kappa shape index (κ1) is 8.62. The normalized spacial score (nSPS) is 8.00. The number of hydrogen-bond donors (Lipinski definition) is 1. The van der Waals surface area contributed by atoms with E-state index in [0.717, 1.165) is 0 Å². The van der Waals surface area contributed by atoms with Gasteiger partial charge in [-0.05, 0) is 12.1 Å². The Labute approximate surface area is 59.9 Å². The number of carbonyl (C=O) groups excluding carboxylic acids is 1. The fourth-order valence-electron chi connectivity index (χ4n) is 0.509. The first-order chi connectivity index (χ1) is 4.30. The monoisotopic (exact) mass is 138 g/mol. The Morgan fingerprint density at radius 3 is 2.60 bits per heavy atom. The molecule has 1 amide bonds. The molecule has 0 aromatic carbocycles. The van der Waals surface area contributed by atoms with Crippen molar-refractivity contribution in [3.63, 3.8) is 0 Å². The quantitative estimate of drug-likeness (QED) is 0.624. The maximum absolute atomic E-state index is 10.4. The number of primary amides is 1. The highest BCUT2D eigenvalue weighted by Gasteiger charge is 1.94. The second-order valence-corrected chi connectivity index (χ2v) is 1.61. The Balaban J connectivity index is 0.000000810. The highest BCUT2D eigenvalue weighted by atomic mass is 16.1. The summed E-state index contributed by atoms with van der Waals surface area (Å²) in [5.41, 5.74) is 5.38. The van der Waals surface area contributed by atoms with Gasteiger partial charge in [0.1, 0.15) is 0 Å². The van der Waals surface area contributed by atoms with E-state index in [4.69, 9.17) is 5.73 Å². The van der Waals surface area contributed by atoms with E-state index in [0.29, 0.717) is 5.56 Å². The minimum atomic E-state index is -0.442. The van der Waals surface area contributed by atoms with Crippen molar-refractivity contribution in [2.24, 2.45) is 5.73 Å². The summed E-state index contributed by atoms with van der Waals surface area (Å²) in [6.45, 7) is 0. The van der Waals surface area contributed by atoms with Crippen LogP contribution in [-0.2, 0) is 0 Å². The third-order valence-electron chi connectivity index (χ3n) is 0.946. The molecule has 54 valence electrons. The first-order valence-corrected chi connectivity index (χ1v) is 2.50. The topological polar surface area (TPSA) is 56.0 Å². The van der Waals surface area contributed by atoms with Crippen LogP contribution in [-0.4, -0.2) is 10.9 Å². The van der Waals surface area contributed by atoms with Crippen LogP contribution in [0.15, 0.2) is 24.5 Å². The lowest BCUT2D eigenvalue weighted by molar-refractivity contribution is 0.1000. The molecular formula is C7H10N2O. The molecule has 0 aliphatic carbocycles. The van der Waals surface area contributed by atoms with Crippen LogP contribution >= 0.6 is 0 Å². The molecule has 0 aliphatic heterocycles. The molecule has 0 saturated carbocycles. The lowest BCUT2D eigenvalue weighted by Gasteiger charge is -1.88. The summed E-state index contributed by atoms with van der Waals surface area (Å²) in [4.78, 5) is 14.1. The van der Waals surface area contributed by atoms with E-state index in [2.05, 4.69) is 4.98 Å². The molecule has 2 N–H and O–H groups in total. The van der Waals surface area contributed by atoms with Gasteiger partial charge >= 0.3 is 0 Å². The summed E-state index contributed by atoms with van der Waals surface area (Å²) >= 11 is 0. The average Bonchev–Trinajstić information content (AvgIpc) is 1.90. The van der Waals surface area contributed by atoms with Crippen molar-refractivity contribution in [3.05, 3.63) is 30.1 Å². The Bertz CT molecular complexity index is 208. The third kappa shape index (κ3) is 1.85. The molecule has 0 bridgehead atoms. The van der Waals surface area contributed by atoms with Gasteiger partial charge in [-0.3, -0.25) is 9.78 Å². The Morgan fingerprint density at radius 1 is 1.60 bits per heavy atom. The van der Waals surface area contributed by atoms with Crippen LogP contribution < -0.4 is 5.73 Å². The van der Waals surface area contributed by atoms with Gasteiger partial charge in [-0.25, -0.2) is 0 Å². The fraction of sp³-hybridized carbons (Fsp3) is 0.143. The van der Waals surface area contributed by atoms with Gasteiger partial charge in [-0.2, -0.15) is 0 Å². The molecule has 0 unspecified atom stereocenters. The Morgan fingerprint density at radius 2 is 2.30 bits per heavy atom. The summed E-state index contributed by atoms with van der Waals surface area (Å²) < 4.78 is 0. The molecule has 0 aliphatic rings. The van der Waals surface area contributed by atoms with Crippen molar-refractivity contribution in [2.75, 3.05) is 0 Å². The number of nitrogens with zero attached hydrogens (tertiary/aromatic N) is 1. The van der Waals surface area contributed by atoms with E-state index < -0.39 is 5.91 Å². The lowest BCUT2D eigenvalue weighted by Crippen LogP contribution is -2.10. The van der Waals surface area contributed by atoms with Gasteiger partial charge in [0.05, 0.1) is 5.56 Å². The maximum Gasteiger partial charge on any atom is 0.250 e. The predicted molar refractivity (Wildman–Crippen MR) is 39.5 cm³/mol. The zero-order valence-electron chi connectivity index (χ0n) is 4.74. The molecule has 0 radical (unpaired) electrons. The number of carbonyl (C=O) groups is 1. The smallest absolute Gasteiger partial charge is 0.250 e. The molecule has 1 heterocycles. The molecule has 10 heavy (non-hydrogen) atoms. The van der Waals surface area contributed by atoms with E-state index >= 15 is 0 Å². The molecule has 1 aromatic rings. The SMILES string of the molecule is C.NC(=O)c1cccnc1. The van der Waals surface area contributed by atoms with Crippen molar-refractivity contribution in [3.8, 4) is 0 Å². The van der Waals surface area contributed by atoms with Gasteiger partial charge in [0.25, 0.3) is 0 Å². The number of aromatic nitrogens is 1. The highest BCUT2D eigenvalue weighted by molar-refractivity contribution is 5.92. The van der Waals surface area contributed by atoms with Crippen LogP contribution in [0.3, 0.4) is 0 Å². The molecule has 0 atom stereocenters. The van der Waals surface area contributed by atoms with Gasteiger partial charge in [-0.15, -0.1) is 0 Å². The van der Waals surface area contributed by atoms with E-state index in [1.165, 1.54) is 6.20 Å². The van der Waals surface area contributed by atoms with Crippen LogP contribution in [0.1, 0.15) is 17.8 Å². The first-order valence-electron chi connectivity index (χ1n) is 2.50. The van der Waals surface area contributed by atoms with Crippen LogP contribution in [0.4, 0.5) is 0 Å². The van der Waals surface area contributed by atoms with Crippen molar-refractivity contribution in [2.45, 2.75) is 7.43 Å². The van der Waals surface area contributed by atoms with E-state index in [-0.39, 0.29) is 7.43 Å². The summed E-state index contributed by atoms with van der Waals surface area (Å²) in [5, 5.41) is 0. The standard InChI is InChI=1S/C6H6N2O.CH4/c7-6(9)5-2-1-3-8-4-5;/h1-4H,(H2,7,9);1H4. The third-order valence-corrected chi connectivity index (χ3v) is 0.946. The summed E-state index contributed by atoms with van der Waals surface area (Å²) in [7, 11) is 0. The Kier molecular flexibility index (Phi) is 3.11. The van der Waals surface area contributed by atoms with E-state index in [1.54, 1.807) is 18.3 Å². The second kappa shape index (κ2) is 3.61. The number of nitrogens with two attached hydrogens (primary N) is 1. The number of rotatable bonds is 1. The molecular weight excluding hydrogens is 128 g/mol. The number of hydrogen-bond acceptors (Lipinski definition) is 2. The van der Waals surface area contributed by atoms with Gasteiger partial charge in [-0.1, -0.05) is 7.43 Å². The fourth-order valence-corrected chi connectivity index (χ4v) is 0.509. The summed E-state index contributed by atoms with van der Waals surface area (Å²) in [6, 6.07) is 3.29. The number of pyridine rings is 1. The summed E-state index contributed by atoms with van der Waals surface area (Å²) in [6.07, 6.45) is 3.02. The van der Waals surface area contributed by atoms with Crippen molar-refractivity contribution in [1.29, 1.82) is 0 Å². The maximum atomic E-state index is 10.4. The largest absolute Gasteiger partial charge is 0.366 e. The average molecular weight is 138 g/mol. The van der Waals surface area contributed by atoms with Crippen molar-refractivity contribution in [1.82, 2.24) is 4.98 Å². The zero-order valence-corrected chi connectivity index (χ0v) is 4.74. The molecule has 3 heteroatoms. The molecule has 1 rings (SSSR count). The van der Waals surface area contributed by atoms with Gasteiger partial charge in [0.15, 0.2) is 0 Å². The molecule has 1 aromatic heterocycles. The molecule has 0 fully saturated rings. The zero-order chi connectivity index (χ0) is 6.69. The number of amides is 1. The molecule has 0 saturated heterocycles. The van der Waals surface area contributed by atoms with Gasteiger partial charge in [0.2, 0.25) is 5.91 Å². The van der Waals surface area contributed by atoms with E-state index in [9.17, 15) is 4.79 Å². The summed E-state index contributed by atoms with van der Waals surface area (Å²) in [5.74, 6) is -0.442. The van der Waals surface area contributed by atoms with Gasteiger partial charge in [0, 0.05) is 12.4 Å². The Hall–Kier alpha value is -1.38. The van der Waals surface area contributed by atoms with Crippen LogP contribution in [0.5, 0.6) is 0 Å². The van der Waals surface area contributed by atoms with Crippen molar-refractivity contribution < 1.29 is 4.79 Å². The van der Waals surface area contributed by atoms with Crippen LogP contribution in [0, 0.1) is 0 Å². The molecule has 3 nitrogen and oxygen atoms in total.